The van der Waals surface area contributed by atoms with Gasteiger partial charge < -0.3 is 15.4 Å². The van der Waals surface area contributed by atoms with E-state index in [0.29, 0.717) is 24.9 Å². The van der Waals surface area contributed by atoms with Crippen LogP contribution in [0.1, 0.15) is 29.2 Å². The molecule has 0 radical (unpaired) electrons. The van der Waals surface area contributed by atoms with Gasteiger partial charge in [-0.2, -0.15) is 0 Å². The van der Waals surface area contributed by atoms with Gasteiger partial charge in [0.05, 0.1) is 11.6 Å². The number of hydrogen-bond donors (Lipinski definition) is 3. The first kappa shape index (κ1) is 15.7. The molecule has 0 aromatic carbocycles. The maximum Gasteiger partial charge on any atom is 0.287 e. The molecular formula is C18H19N5O2. The lowest BCUT2D eigenvalue weighted by molar-refractivity contribution is 0.0237. The third kappa shape index (κ3) is 3.36. The van der Waals surface area contributed by atoms with E-state index in [2.05, 4.69) is 25.3 Å². The normalized spacial score (nSPS) is 20.8. The fourth-order valence-electron chi connectivity index (χ4n) is 3.23. The van der Waals surface area contributed by atoms with Gasteiger partial charge in [-0.1, -0.05) is 6.07 Å². The van der Waals surface area contributed by atoms with Crippen molar-refractivity contribution in [3.63, 3.8) is 0 Å². The van der Waals surface area contributed by atoms with E-state index in [4.69, 9.17) is 0 Å². The summed E-state index contributed by atoms with van der Waals surface area (Å²) in [7, 11) is 0. The quantitative estimate of drug-likeness (QED) is 0.654. The van der Waals surface area contributed by atoms with Crippen LogP contribution in [0.3, 0.4) is 0 Å². The number of fused-ring (bicyclic) bond motifs is 1. The monoisotopic (exact) mass is 337 g/mol. The number of imidazole rings is 1. The molecule has 3 N–H and O–H groups in total. The summed E-state index contributed by atoms with van der Waals surface area (Å²) >= 11 is 0. The van der Waals surface area contributed by atoms with Crippen LogP contribution >= 0.6 is 0 Å². The van der Waals surface area contributed by atoms with E-state index in [1.807, 2.05) is 24.3 Å². The number of rotatable bonds is 5. The van der Waals surface area contributed by atoms with Crippen LogP contribution in [0.2, 0.25) is 0 Å². The topological polar surface area (TPSA) is 104 Å². The summed E-state index contributed by atoms with van der Waals surface area (Å²) in [4.78, 5) is 28.4. The summed E-state index contributed by atoms with van der Waals surface area (Å²) in [6, 6.07) is 9.28. The molecule has 1 unspecified atom stereocenters. The molecule has 1 fully saturated rings. The zero-order valence-electron chi connectivity index (χ0n) is 13.6. The Labute approximate surface area is 144 Å². The predicted molar refractivity (Wildman–Crippen MR) is 91.8 cm³/mol. The van der Waals surface area contributed by atoms with Crippen LogP contribution in [-0.2, 0) is 6.42 Å². The highest BCUT2D eigenvalue weighted by molar-refractivity contribution is 5.93. The number of amides is 1. The number of aliphatic hydroxyl groups is 1. The highest BCUT2D eigenvalue weighted by Gasteiger charge is 2.35. The zero-order valence-corrected chi connectivity index (χ0v) is 13.6. The summed E-state index contributed by atoms with van der Waals surface area (Å²) in [6.07, 6.45) is 5.13. The molecule has 1 atom stereocenters. The van der Waals surface area contributed by atoms with Gasteiger partial charge in [-0.05, 0) is 43.0 Å². The van der Waals surface area contributed by atoms with E-state index in [1.165, 1.54) is 0 Å². The van der Waals surface area contributed by atoms with Crippen molar-refractivity contribution in [2.75, 3.05) is 0 Å². The number of nitrogens with one attached hydrogen (secondary N) is 2. The molecule has 0 bridgehead atoms. The van der Waals surface area contributed by atoms with Crippen molar-refractivity contribution >= 4 is 17.1 Å². The number of aliphatic hydroxyl groups excluding tert-OH is 1. The maximum absolute atomic E-state index is 12.6. The first-order valence-corrected chi connectivity index (χ1v) is 8.38. The van der Waals surface area contributed by atoms with Crippen LogP contribution in [0.5, 0.6) is 0 Å². The molecule has 1 amide bonds. The third-order valence-corrected chi connectivity index (χ3v) is 4.66. The van der Waals surface area contributed by atoms with Crippen molar-refractivity contribution in [3.8, 4) is 0 Å². The van der Waals surface area contributed by atoms with Crippen LogP contribution < -0.4 is 5.32 Å². The first-order valence-electron chi connectivity index (χ1n) is 8.38. The molecule has 1 aliphatic carbocycles. The Morgan fingerprint density at radius 1 is 1.24 bits per heavy atom. The highest BCUT2D eigenvalue weighted by atomic mass is 16.3. The van der Waals surface area contributed by atoms with Crippen molar-refractivity contribution in [1.29, 1.82) is 0 Å². The van der Waals surface area contributed by atoms with Gasteiger partial charge in [-0.15, -0.1) is 0 Å². The van der Waals surface area contributed by atoms with Crippen LogP contribution in [0, 0.1) is 5.92 Å². The number of carbonyl (C=O) groups is 1. The van der Waals surface area contributed by atoms with Crippen LogP contribution in [0.25, 0.3) is 11.2 Å². The number of aromatic amines is 1. The molecular weight excluding hydrogens is 318 g/mol. The Morgan fingerprint density at radius 3 is 2.80 bits per heavy atom. The van der Waals surface area contributed by atoms with Gasteiger partial charge in [-0.25, -0.2) is 9.97 Å². The van der Waals surface area contributed by atoms with Gasteiger partial charge in [0.15, 0.2) is 11.5 Å². The Bertz CT molecular complexity index is 840. The minimum absolute atomic E-state index is 0.0908. The lowest BCUT2D eigenvalue weighted by Gasteiger charge is -2.37. The van der Waals surface area contributed by atoms with E-state index in [9.17, 15) is 9.90 Å². The number of carbonyl (C=O) groups excluding carboxylic acids is 1. The number of pyridine rings is 2. The second-order valence-electron chi connectivity index (χ2n) is 6.45. The lowest BCUT2D eigenvalue weighted by Crippen LogP contribution is -2.48. The Kier molecular flexibility index (Phi) is 4.15. The van der Waals surface area contributed by atoms with Gasteiger partial charge >= 0.3 is 0 Å². The molecule has 25 heavy (non-hydrogen) atoms. The van der Waals surface area contributed by atoms with Crippen molar-refractivity contribution in [1.82, 2.24) is 25.3 Å². The molecule has 1 saturated carbocycles. The number of aromatic nitrogens is 4. The van der Waals surface area contributed by atoms with E-state index in [-0.39, 0.29) is 29.8 Å². The predicted octanol–water partition coefficient (Wildman–Crippen LogP) is 1.46. The minimum atomic E-state index is -0.275. The summed E-state index contributed by atoms with van der Waals surface area (Å²) < 4.78 is 0. The highest BCUT2D eigenvalue weighted by Crippen LogP contribution is 2.31. The first-order chi connectivity index (χ1) is 12.2. The smallest absolute Gasteiger partial charge is 0.287 e. The summed E-state index contributed by atoms with van der Waals surface area (Å²) in [5.74, 6) is 0.225. The van der Waals surface area contributed by atoms with Crippen molar-refractivity contribution in [2.45, 2.75) is 31.4 Å². The molecule has 3 aromatic heterocycles. The average Bonchev–Trinajstić information content (AvgIpc) is 3.04. The Hall–Kier alpha value is -2.80. The van der Waals surface area contributed by atoms with Crippen LogP contribution in [-0.4, -0.2) is 43.1 Å². The van der Waals surface area contributed by atoms with Gasteiger partial charge in [0.2, 0.25) is 0 Å². The van der Waals surface area contributed by atoms with E-state index < -0.39 is 0 Å². The number of nitrogens with zero attached hydrogens (tertiary/aromatic N) is 3. The van der Waals surface area contributed by atoms with Crippen LogP contribution in [0.4, 0.5) is 0 Å². The van der Waals surface area contributed by atoms with Gasteiger partial charge in [-0.3, -0.25) is 9.78 Å². The number of hydrogen-bond acceptors (Lipinski definition) is 5. The van der Waals surface area contributed by atoms with Crippen molar-refractivity contribution in [3.05, 3.63) is 54.2 Å². The van der Waals surface area contributed by atoms with E-state index >= 15 is 0 Å². The maximum atomic E-state index is 12.6. The summed E-state index contributed by atoms with van der Waals surface area (Å²) in [6.45, 7) is 0. The second-order valence-corrected chi connectivity index (χ2v) is 6.45. The molecule has 0 aliphatic heterocycles. The van der Waals surface area contributed by atoms with E-state index in [0.717, 1.165) is 11.2 Å². The van der Waals surface area contributed by atoms with Crippen molar-refractivity contribution in [2.24, 2.45) is 5.92 Å². The average molecular weight is 337 g/mol. The molecule has 7 heteroatoms. The van der Waals surface area contributed by atoms with Crippen LogP contribution in [0.15, 0.2) is 42.7 Å². The molecule has 3 aromatic rings. The minimum Gasteiger partial charge on any atom is -0.393 e. The Morgan fingerprint density at radius 2 is 2.08 bits per heavy atom. The SMILES string of the molecule is O=C(NC(Cc1ccccn1)C1CC(O)C1)c1nc2ncccc2[nH]1. The molecule has 0 spiro atoms. The number of H-pyrrole nitrogens is 1. The van der Waals surface area contributed by atoms with Crippen molar-refractivity contribution < 1.29 is 9.90 Å². The van der Waals surface area contributed by atoms with Gasteiger partial charge in [0, 0.05) is 30.6 Å². The summed E-state index contributed by atoms with van der Waals surface area (Å²) in [5, 5.41) is 12.7. The fraction of sp³-hybridized carbons (Fsp3) is 0.333. The fourth-order valence-corrected chi connectivity index (χ4v) is 3.23. The molecule has 1 aliphatic rings. The largest absolute Gasteiger partial charge is 0.393 e. The van der Waals surface area contributed by atoms with E-state index in [1.54, 1.807) is 18.5 Å². The molecule has 128 valence electrons. The molecule has 7 nitrogen and oxygen atoms in total. The molecule has 4 rings (SSSR count). The molecule has 0 saturated heterocycles. The van der Waals surface area contributed by atoms with Gasteiger partial charge in [0.1, 0.15) is 0 Å². The standard InChI is InChI=1S/C18H19N5O2/c24-13-8-11(9-13)15(10-12-4-1-2-6-19-12)22-18(25)17-21-14-5-3-7-20-16(14)23-17/h1-7,11,13,15,24H,8-10H2,(H,22,25)(H,20,21,23). The lowest BCUT2D eigenvalue weighted by atomic mass is 9.76. The summed E-state index contributed by atoms with van der Waals surface area (Å²) in [5.41, 5.74) is 2.17. The second kappa shape index (κ2) is 6.60. The Balaban J connectivity index is 1.51. The van der Waals surface area contributed by atoms with Gasteiger partial charge in [0.25, 0.3) is 5.91 Å². The molecule has 3 heterocycles. The zero-order chi connectivity index (χ0) is 17.2. The third-order valence-electron chi connectivity index (χ3n) is 4.66.